The maximum atomic E-state index is 12.3. The van der Waals surface area contributed by atoms with Gasteiger partial charge in [-0.05, 0) is 62.2 Å². The van der Waals surface area contributed by atoms with Gasteiger partial charge in [-0.15, -0.1) is 0 Å². The van der Waals surface area contributed by atoms with Crippen LogP contribution in [0, 0.1) is 35.5 Å². The molecule has 0 spiro atoms. The number of carbonyl (C=O) groups excluding carboxylic acids is 2. The van der Waals surface area contributed by atoms with E-state index < -0.39 is 0 Å². The Balaban J connectivity index is 2.06. The van der Waals surface area contributed by atoms with Crippen molar-refractivity contribution in [3.05, 3.63) is 0 Å². The van der Waals surface area contributed by atoms with E-state index in [-0.39, 0.29) is 23.8 Å². The summed E-state index contributed by atoms with van der Waals surface area (Å²) in [7, 11) is 0. The fourth-order valence-electron chi connectivity index (χ4n) is 4.30. The van der Waals surface area contributed by atoms with Gasteiger partial charge in [0.15, 0.2) is 0 Å². The van der Waals surface area contributed by atoms with Gasteiger partial charge in [0.2, 0.25) is 0 Å². The predicted molar refractivity (Wildman–Crippen MR) is 132 cm³/mol. The summed E-state index contributed by atoms with van der Waals surface area (Å²) < 4.78 is 11.0. The van der Waals surface area contributed by atoms with Crippen molar-refractivity contribution < 1.29 is 19.1 Å². The lowest BCUT2D eigenvalue weighted by Crippen LogP contribution is -2.28. The van der Waals surface area contributed by atoms with E-state index in [0.29, 0.717) is 13.2 Å². The fourth-order valence-corrected chi connectivity index (χ4v) is 4.30. The fraction of sp³-hybridized carbons (Fsp3) is 0.929. The van der Waals surface area contributed by atoms with Crippen molar-refractivity contribution in [2.45, 2.75) is 119 Å². The van der Waals surface area contributed by atoms with Crippen LogP contribution in [0.1, 0.15) is 119 Å². The Kier molecular flexibility index (Phi) is 15.0. The zero-order valence-electron chi connectivity index (χ0n) is 22.0. The Hall–Kier alpha value is -1.06. The first-order chi connectivity index (χ1) is 15.2. The Labute approximate surface area is 198 Å². The van der Waals surface area contributed by atoms with Crippen LogP contribution in [-0.2, 0) is 19.1 Å². The average Bonchev–Trinajstić information content (AvgIpc) is 2.77. The first-order valence-corrected chi connectivity index (χ1v) is 13.6. The summed E-state index contributed by atoms with van der Waals surface area (Å²) in [5.74, 6) is 2.79. The van der Waals surface area contributed by atoms with E-state index >= 15 is 0 Å². The number of ether oxygens (including phenoxy) is 2. The van der Waals surface area contributed by atoms with Crippen LogP contribution in [0.25, 0.3) is 0 Å². The van der Waals surface area contributed by atoms with Gasteiger partial charge < -0.3 is 9.47 Å². The molecular weight excluding hydrogens is 400 g/mol. The smallest absolute Gasteiger partial charge is 0.308 e. The van der Waals surface area contributed by atoms with Gasteiger partial charge in [-0.3, -0.25) is 9.59 Å². The van der Waals surface area contributed by atoms with Crippen molar-refractivity contribution in [2.24, 2.45) is 35.5 Å². The van der Waals surface area contributed by atoms with Crippen LogP contribution in [0.4, 0.5) is 0 Å². The summed E-state index contributed by atoms with van der Waals surface area (Å²) >= 11 is 0. The highest BCUT2D eigenvalue weighted by atomic mass is 16.5. The molecule has 1 saturated carbocycles. The number of unbranched alkanes of at least 4 members (excludes halogenated alkanes) is 4. The Morgan fingerprint density at radius 1 is 0.594 bits per heavy atom. The van der Waals surface area contributed by atoms with Gasteiger partial charge in [0.05, 0.1) is 25.0 Å². The number of hydrogen-bond donors (Lipinski definition) is 0. The van der Waals surface area contributed by atoms with Crippen LogP contribution >= 0.6 is 0 Å². The van der Waals surface area contributed by atoms with Gasteiger partial charge in [0.25, 0.3) is 0 Å². The molecule has 188 valence electrons. The third kappa shape index (κ3) is 12.3. The number of esters is 2. The molecule has 2 atom stereocenters. The van der Waals surface area contributed by atoms with Gasteiger partial charge >= 0.3 is 11.9 Å². The first-order valence-electron chi connectivity index (χ1n) is 13.6. The monoisotopic (exact) mass is 452 g/mol. The summed E-state index contributed by atoms with van der Waals surface area (Å²) in [5, 5.41) is 0. The molecule has 0 bridgehead atoms. The van der Waals surface area contributed by atoms with Crippen molar-refractivity contribution in [1.29, 1.82) is 0 Å². The second-order valence-electron chi connectivity index (χ2n) is 11.0. The van der Waals surface area contributed by atoms with Crippen molar-refractivity contribution in [3.8, 4) is 0 Å². The number of hydrogen-bond acceptors (Lipinski definition) is 4. The zero-order valence-corrected chi connectivity index (χ0v) is 22.0. The largest absolute Gasteiger partial charge is 0.465 e. The summed E-state index contributed by atoms with van der Waals surface area (Å²) in [5.41, 5.74) is 0. The highest BCUT2D eigenvalue weighted by Crippen LogP contribution is 2.30. The van der Waals surface area contributed by atoms with E-state index in [1.165, 1.54) is 25.7 Å². The third-order valence-electron chi connectivity index (χ3n) is 7.77. The molecule has 1 aliphatic rings. The Morgan fingerprint density at radius 3 is 1.25 bits per heavy atom. The molecule has 0 aromatic rings. The van der Waals surface area contributed by atoms with Crippen LogP contribution in [0.5, 0.6) is 0 Å². The SMILES string of the molecule is CC(C)C(C)CCCCCOC(=O)C1CCC(C(=O)OCCCCCC(C)C(C)C)CC1. The van der Waals surface area contributed by atoms with E-state index in [2.05, 4.69) is 41.5 Å². The molecule has 2 unspecified atom stereocenters. The summed E-state index contributed by atoms with van der Waals surface area (Å²) in [4.78, 5) is 24.7. The molecule has 0 aromatic heterocycles. The quantitative estimate of drug-likeness (QED) is 0.179. The lowest BCUT2D eigenvalue weighted by Gasteiger charge is -2.26. The third-order valence-corrected chi connectivity index (χ3v) is 7.77. The lowest BCUT2D eigenvalue weighted by molar-refractivity contribution is -0.155. The highest BCUT2D eigenvalue weighted by Gasteiger charge is 2.31. The highest BCUT2D eigenvalue weighted by molar-refractivity contribution is 5.75. The number of carbonyl (C=O) groups is 2. The van der Waals surface area contributed by atoms with E-state index in [9.17, 15) is 9.59 Å². The molecule has 0 saturated heterocycles. The molecule has 1 aliphatic carbocycles. The van der Waals surface area contributed by atoms with Gasteiger partial charge in [0.1, 0.15) is 0 Å². The normalized spacial score (nSPS) is 20.9. The summed E-state index contributed by atoms with van der Waals surface area (Å²) in [6.07, 6.45) is 12.1. The molecule has 0 radical (unpaired) electrons. The maximum absolute atomic E-state index is 12.3. The minimum absolute atomic E-state index is 0.0389. The minimum Gasteiger partial charge on any atom is -0.465 e. The second-order valence-corrected chi connectivity index (χ2v) is 11.0. The Morgan fingerprint density at radius 2 is 0.938 bits per heavy atom. The van der Waals surface area contributed by atoms with Crippen molar-refractivity contribution in [2.75, 3.05) is 13.2 Å². The molecule has 1 rings (SSSR count). The first kappa shape index (κ1) is 29.0. The molecule has 1 fully saturated rings. The zero-order chi connectivity index (χ0) is 23.9. The van der Waals surface area contributed by atoms with Gasteiger partial charge in [0, 0.05) is 0 Å². The molecule has 0 aliphatic heterocycles. The van der Waals surface area contributed by atoms with E-state index in [1.54, 1.807) is 0 Å². The minimum atomic E-state index is -0.0667. The van der Waals surface area contributed by atoms with Gasteiger partial charge in [-0.25, -0.2) is 0 Å². The molecule has 0 aromatic carbocycles. The van der Waals surface area contributed by atoms with Gasteiger partial charge in [-0.2, -0.15) is 0 Å². The van der Waals surface area contributed by atoms with Crippen LogP contribution in [0.3, 0.4) is 0 Å². The van der Waals surface area contributed by atoms with Gasteiger partial charge in [-0.1, -0.05) is 80.1 Å². The lowest BCUT2D eigenvalue weighted by atomic mass is 9.82. The predicted octanol–water partition coefficient (Wildman–Crippen LogP) is 7.58. The van der Waals surface area contributed by atoms with Crippen LogP contribution in [0.15, 0.2) is 0 Å². The van der Waals surface area contributed by atoms with E-state index in [1.807, 2.05) is 0 Å². The molecule has 4 heteroatoms. The van der Waals surface area contributed by atoms with Crippen LogP contribution in [0.2, 0.25) is 0 Å². The summed E-state index contributed by atoms with van der Waals surface area (Å²) in [6, 6.07) is 0. The molecule has 4 nitrogen and oxygen atoms in total. The molecule has 0 N–H and O–H groups in total. The van der Waals surface area contributed by atoms with Crippen LogP contribution < -0.4 is 0 Å². The van der Waals surface area contributed by atoms with Crippen molar-refractivity contribution in [3.63, 3.8) is 0 Å². The molecule has 32 heavy (non-hydrogen) atoms. The Bertz CT molecular complexity index is 460. The van der Waals surface area contributed by atoms with E-state index in [0.717, 1.165) is 75.0 Å². The molecule has 0 amide bonds. The second kappa shape index (κ2) is 16.5. The number of rotatable bonds is 16. The summed E-state index contributed by atoms with van der Waals surface area (Å²) in [6.45, 7) is 14.8. The average molecular weight is 453 g/mol. The molecule has 0 heterocycles. The topological polar surface area (TPSA) is 52.6 Å². The van der Waals surface area contributed by atoms with Crippen molar-refractivity contribution >= 4 is 11.9 Å². The van der Waals surface area contributed by atoms with Crippen molar-refractivity contribution in [1.82, 2.24) is 0 Å². The maximum Gasteiger partial charge on any atom is 0.308 e. The molecular formula is C28H52O4. The standard InChI is InChI=1S/C28H52O4/c1-21(2)23(5)13-9-7-11-19-31-27(29)25-15-17-26(18-16-25)28(30)32-20-12-8-10-14-24(6)22(3)4/h21-26H,7-20H2,1-6H3. The van der Waals surface area contributed by atoms with E-state index in [4.69, 9.17) is 9.47 Å². The van der Waals surface area contributed by atoms with Crippen LogP contribution in [-0.4, -0.2) is 25.2 Å².